The van der Waals surface area contributed by atoms with E-state index in [-0.39, 0.29) is 23.7 Å². The molecule has 2 amide bonds. The molecule has 0 spiro atoms. The van der Waals surface area contributed by atoms with Crippen molar-refractivity contribution in [1.82, 2.24) is 9.80 Å². The van der Waals surface area contributed by atoms with Crippen LogP contribution in [0.25, 0.3) is 0 Å². The van der Waals surface area contributed by atoms with Crippen LogP contribution < -0.4 is 4.74 Å². The van der Waals surface area contributed by atoms with E-state index in [1.807, 2.05) is 0 Å². The Morgan fingerprint density at radius 2 is 1.96 bits per heavy atom. The summed E-state index contributed by atoms with van der Waals surface area (Å²) >= 11 is 0. The van der Waals surface area contributed by atoms with Crippen molar-refractivity contribution in [2.45, 2.75) is 25.9 Å². The molecular formula is C18H23FN2O4. The van der Waals surface area contributed by atoms with Gasteiger partial charge in [-0.05, 0) is 38.0 Å². The zero-order valence-electron chi connectivity index (χ0n) is 14.4. The lowest BCUT2D eigenvalue weighted by Gasteiger charge is -2.35. The molecule has 136 valence electrons. The van der Waals surface area contributed by atoms with Crippen molar-refractivity contribution in [2.75, 3.05) is 39.4 Å². The maximum absolute atomic E-state index is 13.9. The Morgan fingerprint density at radius 1 is 1.24 bits per heavy atom. The average Bonchev–Trinajstić information content (AvgIpc) is 3.17. The van der Waals surface area contributed by atoms with Crippen molar-refractivity contribution in [2.24, 2.45) is 0 Å². The number of nitrogens with zero attached hydrogens (tertiary/aromatic N) is 2. The van der Waals surface area contributed by atoms with Gasteiger partial charge < -0.3 is 19.3 Å². The van der Waals surface area contributed by atoms with Gasteiger partial charge in [0.05, 0.1) is 6.61 Å². The fourth-order valence-corrected chi connectivity index (χ4v) is 3.19. The second-order valence-corrected chi connectivity index (χ2v) is 6.20. The number of benzene rings is 1. The number of carbonyl (C=O) groups is 2. The normalized spacial score (nSPS) is 20.6. The molecule has 0 saturated carbocycles. The molecule has 6 nitrogen and oxygen atoms in total. The molecule has 2 fully saturated rings. The third-order valence-electron chi connectivity index (χ3n) is 4.56. The molecule has 0 aromatic heterocycles. The van der Waals surface area contributed by atoms with Gasteiger partial charge in [-0.1, -0.05) is 0 Å². The van der Waals surface area contributed by atoms with Crippen molar-refractivity contribution in [3.05, 3.63) is 29.6 Å². The van der Waals surface area contributed by atoms with E-state index in [0.717, 1.165) is 12.8 Å². The lowest BCUT2D eigenvalue weighted by atomic mass is 10.1. The van der Waals surface area contributed by atoms with Crippen molar-refractivity contribution in [1.29, 1.82) is 0 Å². The topological polar surface area (TPSA) is 59.1 Å². The van der Waals surface area contributed by atoms with Gasteiger partial charge in [-0.2, -0.15) is 0 Å². The number of hydrogen-bond acceptors (Lipinski definition) is 4. The molecule has 1 aromatic rings. The summed E-state index contributed by atoms with van der Waals surface area (Å²) in [5.41, 5.74) is 0.292. The zero-order valence-corrected chi connectivity index (χ0v) is 14.4. The third-order valence-corrected chi connectivity index (χ3v) is 4.56. The number of hydrogen-bond donors (Lipinski definition) is 0. The summed E-state index contributed by atoms with van der Waals surface area (Å²) in [7, 11) is 0. The van der Waals surface area contributed by atoms with Crippen molar-refractivity contribution < 1.29 is 23.5 Å². The molecule has 1 unspecified atom stereocenters. The minimum absolute atomic E-state index is 0.0108. The molecule has 0 radical (unpaired) electrons. The molecule has 0 N–H and O–H groups in total. The molecule has 3 rings (SSSR count). The average molecular weight is 350 g/mol. The molecule has 1 atom stereocenters. The molecule has 0 aliphatic carbocycles. The van der Waals surface area contributed by atoms with E-state index in [1.165, 1.54) is 12.1 Å². The van der Waals surface area contributed by atoms with Crippen LogP contribution in [-0.4, -0.2) is 67.1 Å². The Bertz CT molecular complexity index is 638. The number of carbonyl (C=O) groups excluding carboxylic acids is 2. The molecule has 7 heteroatoms. The molecule has 2 aliphatic rings. The van der Waals surface area contributed by atoms with E-state index in [1.54, 1.807) is 22.8 Å². The van der Waals surface area contributed by atoms with Crippen LogP contribution in [0, 0.1) is 5.82 Å². The van der Waals surface area contributed by atoms with E-state index >= 15 is 0 Å². The highest BCUT2D eigenvalue weighted by atomic mass is 19.1. The maximum atomic E-state index is 13.9. The summed E-state index contributed by atoms with van der Waals surface area (Å²) in [5.74, 6) is -0.617. The second-order valence-electron chi connectivity index (χ2n) is 6.20. The maximum Gasteiger partial charge on any atom is 0.254 e. The minimum Gasteiger partial charge on any atom is -0.491 e. The van der Waals surface area contributed by atoms with Crippen LogP contribution in [0.15, 0.2) is 18.2 Å². The zero-order chi connectivity index (χ0) is 17.8. The molecule has 2 aliphatic heterocycles. The van der Waals surface area contributed by atoms with Crippen LogP contribution in [0.5, 0.6) is 5.75 Å². The van der Waals surface area contributed by atoms with Crippen molar-refractivity contribution in [3.8, 4) is 5.75 Å². The van der Waals surface area contributed by atoms with Crippen LogP contribution in [-0.2, 0) is 9.53 Å². The van der Waals surface area contributed by atoms with Gasteiger partial charge in [0.1, 0.15) is 6.10 Å². The summed E-state index contributed by atoms with van der Waals surface area (Å²) in [5, 5.41) is 0. The number of ether oxygens (including phenoxy) is 2. The van der Waals surface area contributed by atoms with Gasteiger partial charge in [0.15, 0.2) is 11.6 Å². The Morgan fingerprint density at radius 3 is 2.56 bits per heavy atom. The Kier molecular flexibility index (Phi) is 5.53. The van der Waals surface area contributed by atoms with E-state index < -0.39 is 5.82 Å². The van der Waals surface area contributed by atoms with Gasteiger partial charge in [-0.25, -0.2) is 4.39 Å². The van der Waals surface area contributed by atoms with Gasteiger partial charge in [-0.3, -0.25) is 9.59 Å². The molecule has 2 saturated heterocycles. The van der Waals surface area contributed by atoms with Gasteiger partial charge >= 0.3 is 0 Å². The third kappa shape index (κ3) is 3.92. The number of amides is 2. The fraction of sp³-hybridized carbons (Fsp3) is 0.556. The van der Waals surface area contributed by atoms with E-state index in [2.05, 4.69) is 0 Å². The lowest BCUT2D eigenvalue weighted by Crippen LogP contribution is -2.52. The monoisotopic (exact) mass is 350 g/mol. The standard InChI is InChI=1S/C18H23FN2O4/c1-2-24-15-6-5-13(12-14(15)19)17(22)20-7-9-21(10-8-20)18(23)16-4-3-11-25-16/h5-6,12,16H,2-4,7-11H2,1H3. The van der Waals surface area contributed by atoms with Crippen molar-refractivity contribution >= 4 is 11.8 Å². The van der Waals surface area contributed by atoms with Crippen molar-refractivity contribution in [3.63, 3.8) is 0 Å². The first-order chi connectivity index (χ1) is 12.1. The number of piperazine rings is 1. The highest BCUT2D eigenvalue weighted by Crippen LogP contribution is 2.20. The van der Waals surface area contributed by atoms with Gasteiger partial charge in [0.25, 0.3) is 11.8 Å². The highest BCUT2D eigenvalue weighted by Gasteiger charge is 2.31. The van der Waals surface area contributed by atoms with Crippen LogP contribution in [0.3, 0.4) is 0 Å². The lowest BCUT2D eigenvalue weighted by molar-refractivity contribution is -0.142. The molecule has 1 aromatic carbocycles. The SMILES string of the molecule is CCOc1ccc(C(=O)N2CCN(C(=O)C3CCCO3)CC2)cc1F. The molecule has 2 heterocycles. The van der Waals surface area contributed by atoms with E-state index in [4.69, 9.17) is 9.47 Å². The predicted octanol–water partition coefficient (Wildman–Crippen LogP) is 1.69. The summed E-state index contributed by atoms with van der Waals surface area (Å²) < 4.78 is 24.5. The van der Waals surface area contributed by atoms with Gasteiger partial charge in [-0.15, -0.1) is 0 Å². The van der Waals surface area contributed by atoms with Crippen LogP contribution in [0.2, 0.25) is 0 Å². The van der Waals surface area contributed by atoms with Crippen LogP contribution in [0.1, 0.15) is 30.1 Å². The quantitative estimate of drug-likeness (QED) is 0.829. The Labute approximate surface area is 146 Å². The second kappa shape index (κ2) is 7.82. The molecule has 25 heavy (non-hydrogen) atoms. The molecular weight excluding hydrogens is 327 g/mol. The smallest absolute Gasteiger partial charge is 0.254 e. The minimum atomic E-state index is -0.542. The summed E-state index contributed by atoms with van der Waals surface area (Å²) in [6, 6.07) is 4.25. The highest BCUT2D eigenvalue weighted by molar-refractivity contribution is 5.94. The largest absolute Gasteiger partial charge is 0.491 e. The van der Waals surface area contributed by atoms with Gasteiger partial charge in [0, 0.05) is 38.3 Å². The summed E-state index contributed by atoms with van der Waals surface area (Å²) in [6.07, 6.45) is 1.35. The summed E-state index contributed by atoms with van der Waals surface area (Å²) in [6.45, 7) is 4.60. The van der Waals surface area contributed by atoms with E-state index in [9.17, 15) is 14.0 Å². The summed E-state index contributed by atoms with van der Waals surface area (Å²) in [4.78, 5) is 28.3. The molecule has 0 bridgehead atoms. The van der Waals surface area contributed by atoms with Gasteiger partial charge in [0.2, 0.25) is 0 Å². The Balaban J connectivity index is 1.58. The van der Waals surface area contributed by atoms with Crippen LogP contribution in [0.4, 0.5) is 4.39 Å². The predicted molar refractivity (Wildman–Crippen MR) is 89.0 cm³/mol. The first kappa shape index (κ1) is 17.7. The number of halogens is 1. The first-order valence-corrected chi connectivity index (χ1v) is 8.72. The fourth-order valence-electron chi connectivity index (χ4n) is 3.19. The van der Waals surface area contributed by atoms with E-state index in [0.29, 0.717) is 45.0 Å². The first-order valence-electron chi connectivity index (χ1n) is 8.72. The van der Waals surface area contributed by atoms with Crippen LogP contribution >= 0.6 is 0 Å². The Hall–Kier alpha value is -2.15. The number of rotatable bonds is 4.